The molecule has 84 valence electrons. The molecule has 1 unspecified atom stereocenters. The Kier molecular flexibility index (Phi) is 9.06. The quantitative estimate of drug-likeness (QED) is 0.438. The lowest BCUT2D eigenvalue weighted by Gasteiger charge is -2.15. The van der Waals surface area contributed by atoms with Gasteiger partial charge in [0.15, 0.2) is 0 Å². The molecule has 0 aliphatic heterocycles. The van der Waals surface area contributed by atoms with E-state index in [0.29, 0.717) is 6.04 Å². The number of hydrogen-bond donors (Lipinski definition) is 1. The number of rotatable bonds is 9. The maximum atomic E-state index is 3.72. The van der Waals surface area contributed by atoms with Crippen LogP contribution in [0.15, 0.2) is 12.7 Å². The summed E-state index contributed by atoms with van der Waals surface area (Å²) in [4.78, 5) is 0. The molecule has 0 aliphatic rings. The van der Waals surface area contributed by atoms with Crippen LogP contribution in [0.25, 0.3) is 0 Å². The van der Waals surface area contributed by atoms with Gasteiger partial charge in [-0.05, 0) is 45.1 Å². The van der Waals surface area contributed by atoms with E-state index in [1.54, 1.807) is 0 Å². The predicted octanol–water partition coefficient (Wildman–Crippen LogP) is 3.76. The maximum Gasteiger partial charge on any atom is 0.00411 e. The highest BCUT2D eigenvalue weighted by Gasteiger charge is 2.02. The highest BCUT2D eigenvalue weighted by Crippen LogP contribution is 2.04. The third-order valence-electron chi connectivity index (χ3n) is 2.40. The van der Waals surface area contributed by atoms with Gasteiger partial charge in [-0.3, -0.25) is 0 Å². The molecule has 0 radical (unpaired) electrons. The molecule has 0 bridgehead atoms. The third kappa shape index (κ3) is 9.79. The van der Waals surface area contributed by atoms with E-state index < -0.39 is 0 Å². The van der Waals surface area contributed by atoms with Gasteiger partial charge >= 0.3 is 0 Å². The summed E-state index contributed by atoms with van der Waals surface area (Å²) in [6.45, 7) is 11.7. The summed E-state index contributed by atoms with van der Waals surface area (Å²) < 4.78 is 0. The van der Waals surface area contributed by atoms with Crippen molar-refractivity contribution in [1.82, 2.24) is 5.32 Å². The molecular formula is C13H27N. The Morgan fingerprint density at radius 3 is 2.43 bits per heavy atom. The minimum Gasteiger partial charge on any atom is -0.314 e. The monoisotopic (exact) mass is 197 g/mol. The summed E-state index contributed by atoms with van der Waals surface area (Å²) in [5, 5.41) is 3.57. The van der Waals surface area contributed by atoms with Gasteiger partial charge in [0.05, 0.1) is 0 Å². The largest absolute Gasteiger partial charge is 0.314 e. The minimum absolute atomic E-state index is 0.675. The molecule has 0 spiro atoms. The first kappa shape index (κ1) is 13.7. The summed E-state index contributed by atoms with van der Waals surface area (Å²) in [5.74, 6) is 0.804. The maximum absolute atomic E-state index is 3.72. The van der Waals surface area contributed by atoms with Crippen molar-refractivity contribution in [1.29, 1.82) is 0 Å². The number of allylic oxidation sites excluding steroid dienone is 1. The normalized spacial score (nSPS) is 13.1. The van der Waals surface area contributed by atoms with Crippen LogP contribution in [0.3, 0.4) is 0 Å². The van der Waals surface area contributed by atoms with Gasteiger partial charge in [-0.1, -0.05) is 26.3 Å². The van der Waals surface area contributed by atoms with E-state index in [1.165, 1.54) is 38.6 Å². The summed E-state index contributed by atoms with van der Waals surface area (Å²) in [6.07, 6.45) is 8.39. The molecule has 0 aromatic heterocycles. The summed E-state index contributed by atoms with van der Waals surface area (Å²) in [7, 11) is 0. The molecular weight excluding hydrogens is 170 g/mol. The van der Waals surface area contributed by atoms with Crippen LogP contribution < -0.4 is 5.32 Å². The van der Waals surface area contributed by atoms with Crippen LogP contribution in [-0.4, -0.2) is 12.6 Å². The first-order valence-electron chi connectivity index (χ1n) is 6.01. The van der Waals surface area contributed by atoms with E-state index in [2.05, 4.69) is 32.7 Å². The summed E-state index contributed by atoms with van der Waals surface area (Å²) >= 11 is 0. The molecule has 0 fully saturated rings. The Balaban J connectivity index is 3.14. The van der Waals surface area contributed by atoms with Crippen molar-refractivity contribution in [3.05, 3.63) is 12.7 Å². The Morgan fingerprint density at radius 1 is 1.14 bits per heavy atom. The molecule has 14 heavy (non-hydrogen) atoms. The van der Waals surface area contributed by atoms with Gasteiger partial charge in [0.2, 0.25) is 0 Å². The Morgan fingerprint density at radius 2 is 1.86 bits per heavy atom. The van der Waals surface area contributed by atoms with E-state index in [1.807, 2.05) is 6.08 Å². The fourth-order valence-corrected chi connectivity index (χ4v) is 1.73. The van der Waals surface area contributed by atoms with Crippen LogP contribution in [0, 0.1) is 5.92 Å². The Hall–Kier alpha value is -0.300. The van der Waals surface area contributed by atoms with Crippen LogP contribution in [0.4, 0.5) is 0 Å². The first-order chi connectivity index (χ1) is 6.66. The van der Waals surface area contributed by atoms with Crippen LogP contribution in [0.2, 0.25) is 0 Å². The van der Waals surface area contributed by atoms with Gasteiger partial charge < -0.3 is 5.32 Å². The lowest BCUT2D eigenvalue weighted by atomic mass is 10.1. The average molecular weight is 197 g/mol. The van der Waals surface area contributed by atoms with Crippen LogP contribution in [0.5, 0.6) is 0 Å². The van der Waals surface area contributed by atoms with E-state index >= 15 is 0 Å². The molecule has 0 saturated heterocycles. The van der Waals surface area contributed by atoms with E-state index in [0.717, 1.165) is 5.92 Å². The topological polar surface area (TPSA) is 12.0 Å². The molecule has 0 saturated carbocycles. The number of unbranched alkanes of at least 4 members (excludes halogenated alkanes) is 3. The van der Waals surface area contributed by atoms with E-state index in [4.69, 9.17) is 0 Å². The third-order valence-corrected chi connectivity index (χ3v) is 2.40. The second-order valence-electron chi connectivity index (χ2n) is 4.62. The van der Waals surface area contributed by atoms with Crippen LogP contribution >= 0.6 is 0 Å². The van der Waals surface area contributed by atoms with E-state index in [-0.39, 0.29) is 0 Å². The minimum atomic E-state index is 0.675. The van der Waals surface area contributed by atoms with Crippen molar-refractivity contribution in [3.63, 3.8) is 0 Å². The van der Waals surface area contributed by atoms with Crippen molar-refractivity contribution in [3.8, 4) is 0 Å². The molecule has 1 N–H and O–H groups in total. The molecule has 0 heterocycles. The zero-order chi connectivity index (χ0) is 10.8. The van der Waals surface area contributed by atoms with Gasteiger partial charge in [0.25, 0.3) is 0 Å². The average Bonchev–Trinajstić information content (AvgIpc) is 2.10. The zero-order valence-electron chi connectivity index (χ0n) is 10.2. The molecule has 0 aromatic rings. The molecule has 1 nitrogen and oxygen atoms in total. The lowest BCUT2D eigenvalue weighted by Crippen LogP contribution is -2.28. The lowest BCUT2D eigenvalue weighted by molar-refractivity contribution is 0.435. The smallest absolute Gasteiger partial charge is 0.00411 e. The molecule has 1 atom stereocenters. The van der Waals surface area contributed by atoms with E-state index in [9.17, 15) is 0 Å². The molecule has 0 amide bonds. The Bertz CT molecular complexity index is 129. The highest BCUT2D eigenvalue weighted by atomic mass is 14.9. The fourth-order valence-electron chi connectivity index (χ4n) is 1.73. The highest BCUT2D eigenvalue weighted by molar-refractivity contribution is 4.66. The van der Waals surface area contributed by atoms with Crippen molar-refractivity contribution in [2.45, 2.75) is 58.9 Å². The fraction of sp³-hybridized carbons (Fsp3) is 0.846. The predicted molar refractivity (Wildman–Crippen MR) is 65.6 cm³/mol. The number of hydrogen-bond acceptors (Lipinski definition) is 1. The molecule has 0 rings (SSSR count). The first-order valence-corrected chi connectivity index (χ1v) is 6.01. The second-order valence-corrected chi connectivity index (χ2v) is 4.62. The van der Waals surface area contributed by atoms with Gasteiger partial charge in [-0.15, -0.1) is 6.58 Å². The molecule has 0 aromatic carbocycles. The SMILES string of the molecule is C=CCCCCCNC(C)CC(C)C. The van der Waals surface area contributed by atoms with Crippen LogP contribution in [-0.2, 0) is 0 Å². The van der Waals surface area contributed by atoms with Gasteiger partial charge in [0, 0.05) is 6.04 Å². The van der Waals surface area contributed by atoms with Crippen LogP contribution in [0.1, 0.15) is 52.9 Å². The molecule has 0 aliphatic carbocycles. The number of nitrogens with one attached hydrogen (secondary N) is 1. The van der Waals surface area contributed by atoms with Crippen molar-refractivity contribution < 1.29 is 0 Å². The van der Waals surface area contributed by atoms with Gasteiger partial charge in [-0.2, -0.15) is 0 Å². The van der Waals surface area contributed by atoms with Gasteiger partial charge in [0.1, 0.15) is 0 Å². The van der Waals surface area contributed by atoms with Crippen molar-refractivity contribution in [2.75, 3.05) is 6.54 Å². The summed E-state index contributed by atoms with van der Waals surface area (Å²) in [5.41, 5.74) is 0. The standard InChI is InChI=1S/C13H27N/c1-5-6-7-8-9-10-14-13(4)11-12(2)3/h5,12-14H,1,6-11H2,2-4H3. The summed E-state index contributed by atoms with van der Waals surface area (Å²) in [6, 6.07) is 0.675. The Labute approximate surface area is 90.0 Å². The second kappa shape index (κ2) is 9.26. The van der Waals surface area contributed by atoms with Crippen molar-refractivity contribution in [2.24, 2.45) is 5.92 Å². The zero-order valence-corrected chi connectivity index (χ0v) is 10.2. The van der Waals surface area contributed by atoms with Crippen molar-refractivity contribution >= 4 is 0 Å². The molecule has 1 heteroatoms. The van der Waals surface area contributed by atoms with Gasteiger partial charge in [-0.25, -0.2) is 0 Å².